The Morgan fingerprint density at radius 2 is 2.03 bits per heavy atom. The average Bonchev–Trinajstić information content (AvgIpc) is 3.18. The van der Waals surface area contributed by atoms with E-state index in [4.69, 9.17) is 4.74 Å². The first-order valence-corrected chi connectivity index (χ1v) is 10.6. The Bertz CT molecular complexity index is 1160. The molecular formula is C21H16FN3O2S2. The fourth-order valence-corrected chi connectivity index (χ4v) is 4.62. The summed E-state index contributed by atoms with van der Waals surface area (Å²) in [6, 6.07) is 13.5. The zero-order valence-electron chi connectivity index (χ0n) is 15.4. The van der Waals surface area contributed by atoms with Gasteiger partial charge in [0.15, 0.2) is 0 Å². The Kier molecular flexibility index (Phi) is 5.73. The summed E-state index contributed by atoms with van der Waals surface area (Å²) in [6.07, 6.45) is 1.50. The van der Waals surface area contributed by atoms with E-state index in [1.807, 2.05) is 17.5 Å². The van der Waals surface area contributed by atoms with Gasteiger partial charge in [-0.25, -0.2) is 14.4 Å². The highest BCUT2D eigenvalue weighted by Gasteiger charge is 2.15. The van der Waals surface area contributed by atoms with E-state index in [0.717, 1.165) is 26.4 Å². The third-order valence-electron chi connectivity index (χ3n) is 4.18. The third-order valence-corrected chi connectivity index (χ3v) is 6.06. The second-order valence-electron chi connectivity index (χ2n) is 6.08. The van der Waals surface area contributed by atoms with Crippen molar-refractivity contribution in [2.45, 2.75) is 5.03 Å². The van der Waals surface area contributed by atoms with E-state index >= 15 is 0 Å². The van der Waals surface area contributed by atoms with Gasteiger partial charge in [0.2, 0.25) is 5.91 Å². The topological polar surface area (TPSA) is 64.1 Å². The number of rotatable bonds is 6. The smallest absolute Gasteiger partial charge is 0.234 e. The van der Waals surface area contributed by atoms with Gasteiger partial charge in [0.1, 0.15) is 27.8 Å². The molecule has 29 heavy (non-hydrogen) atoms. The Balaban J connectivity index is 1.54. The van der Waals surface area contributed by atoms with Crippen molar-refractivity contribution in [2.24, 2.45) is 0 Å². The van der Waals surface area contributed by atoms with Crippen LogP contribution in [0.25, 0.3) is 21.3 Å². The molecular weight excluding hydrogens is 409 g/mol. The van der Waals surface area contributed by atoms with Gasteiger partial charge in [-0.1, -0.05) is 30.0 Å². The Morgan fingerprint density at radius 1 is 1.21 bits per heavy atom. The van der Waals surface area contributed by atoms with E-state index in [-0.39, 0.29) is 17.5 Å². The highest BCUT2D eigenvalue weighted by molar-refractivity contribution is 8.00. The van der Waals surface area contributed by atoms with E-state index in [1.54, 1.807) is 31.4 Å². The predicted molar refractivity (Wildman–Crippen MR) is 115 cm³/mol. The number of anilines is 1. The number of halogens is 1. The van der Waals surface area contributed by atoms with E-state index in [2.05, 4.69) is 15.3 Å². The molecule has 0 saturated carbocycles. The molecule has 4 aromatic rings. The average molecular weight is 426 g/mol. The maximum absolute atomic E-state index is 13.3. The lowest BCUT2D eigenvalue weighted by Crippen LogP contribution is -2.14. The number of methoxy groups -OCH3 is 1. The molecule has 0 spiro atoms. The molecule has 0 radical (unpaired) electrons. The normalized spacial score (nSPS) is 10.8. The van der Waals surface area contributed by atoms with Crippen LogP contribution in [-0.2, 0) is 4.79 Å². The predicted octanol–water partition coefficient (Wildman–Crippen LogP) is 5.24. The monoisotopic (exact) mass is 425 g/mol. The number of ether oxygens (including phenoxy) is 1. The lowest BCUT2D eigenvalue weighted by molar-refractivity contribution is -0.113. The van der Waals surface area contributed by atoms with Crippen molar-refractivity contribution in [3.8, 4) is 16.9 Å². The molecule has 4 rings (SSSR count). The fourth-order valence-electron chi connectivity index (χ4n) is 2.83. The number of thioether (sulfide) groups is 1. The second kappa shape index (κ2) is 8.59. The summed E-state index contributed by atoms with van der Waals surface area (Å²) in [5, 5.41) is 6.44. The van der Waals surface area contributed by atoms with Crippen molar-refractivity contribution >= 4 is 44.9 Å². The second-order valence-corrected chi connectivity index (χ2v) is 7.91. The van der Waals surface area contributed by atoms with Crippen LogP contribution in [0.1, 0.15) is 0 Å². The summed E-state index contributed by atoms with van der Waals surface area (Å²) >= 11 is 2.84. The molecule has 2 aromatic heterocycles. The van der Waals surface area contributed by atoms with Crippen LogP contribution in [0.2, 0.25) is 0 Å². The number of nitrogens with one attached hydrogen (secondary N) is 1. The first-order chi connectivity index (χ1) is 14.1. The molecule has 146 valence electrons. The number of thiophene rings is 1. The van der Waals surface area contributed by atoms with E-state index in [0.29, 0.717) is 11.4 Å². The molecule has 2 aromatic carbocycles. The number of carbonyl (C=O) groups excluding carboxylic acids is 1. The van der Waals surface area contributed by atoms with E-state index in [1.165, 1.54) is 41.6 Å². The molecule has 0 fully saturated rings. The molecule has 0 atom stereocenters. The molecule has 0 unspecified atom stereocenters. The molecule has 1 N–H and O–H groups in total. The minimum atomic E-state index is -0.284. The third kappa shape index (κ3) is 4.38. The largest absolute Gasteiger partial charge is 0.497 e. The lowest BCUT2D eigenvalue weighted by Gasteiger charge is -2.08. The van der Waals surface area contributed by atoms with Crippen LogP contribution in [0.15, 0.2) is 65.3 Å². The highest BCUT2D eigenvalue weighted by Crippen LogP contribution is 2.37. The maximum atomic E-state index is 13.3. The Morgan fingerprint density at radius 3 is 2.83 bits per heavy atom. The molecule has 0 aliphatic rings. The number of nitrogens with zero attached hydrogens (tertiary/aromatic N) is 2. The molecule has 0 bridgehead atoms. The lowest BCUT2D eigenvalue weighted by atomic mass is 10.1. The number of carbonyl (C=O) groups is 1. The number of fused-ring (bicyclic) bond motifs is 1. The molecule has 0 aliphatic heterocycles. The maximum Gasteiger partial charge on any atom is 0.234 e. The summed E-state index contributed by atoms with van der Waals surface area (Å²) in [6.45, 7) is 0. The molecule has 1 amide bonds. The van der Waals surface area contributed by atoms with Gasteiger partial charge < -0.3 is 10.1 Å². The van der Waals surface area contributed by atoms with Crippen molar-refractivity contribution in [3.63, 3.8) is 0 Å². The number of benzene rings is 2. The van der Waals surface area contributed by atoms with Gasteiger partial charge >= 0.3 is 0 Å². The van der Waals surface area contributed by atoms with Crippen molar-refractivity contribution in [1.29, 1.82) is 0 Å². The van der Waals surface area contributed by atoms with Gasteiger partial charge in [-0.05, 0) is 29.8 Å². The molecule has 0 saturated heterocycles. The zero-order chi connectivity index (χ0) is 20.2. The number of hydrogen-bond acceptors (Lipinski definition) is 6. The Hall–Kier alpha value is -2.97. The van der Waals surface area contributed by atoms with Gasteiger partial charge in [0, 0.05) is 22.7 Å². The fraction of sp³-hybridized carbons (Fsp3) is 0.0952. The summed E-state index contributed by atoms with van der Waals surface area (Å²) in [4.78, 5) is 21.9. The Labute approximate surface area is 175 Å². The van der Waals surface area contributed by atoms with Crippen LogP contribution < -0.4 is 10.1 Å². The summed E-state index contributed by atoms with van der Waals surface area (Å²) < 4.78 is 18.5. The minimum absolute atomic E-state index is 0.145. The number of aromatic nitrogens is 2. The van der Waals surface area contributed by atoms with Crippen molar-refractivity contribution < 1.29 is 13.9 Å². The molecule has 5 nitrogen and oxygen atoms in total. The van der Waals surface area contributed by atoms with E-state index in [9.17, 15) is 9.18 Å². The summed E-state index contributed by atoms with van der Waals surface area (Å²) in [5.74, 6) is 0.444. The summed E-state index contributed by atoms with van der Waals surface area (Å²) in [7, 11) is 1.58. The first kappa shape index (κ1) is 19.4. The minimum Gasteiger partial charge on any atom is -0.497 e. The standard InChI is InChI=1S/C21H16FN3O2S2/c1-27-16-4-2-3-15(9-16)25-18(26)11-29-21-19-17(10-28-20(19)23-12-24-21)13-5-7-14(22)8-6-13/h2-10,12H,11H2,1H3,(H,25,26). The molecule has 2 heterocycles. The molecule has 0 aliphatic carbocycles. The zero-order valence-corrected chi connectivity index (χ0v) is 17.0. The van der Waals surface area contributed by atoms with Gasteiger partial charge in [-0.3, -0.25) is 4.79 Å². The summed E-state index contributed by atoms with van der Waals surface area (Å²) in [5.41, 5.74) is 2.49. The van der Waals surface area contributed by atoms with Gasteiger partial charge in [0.25, 0.3) is 0 Å². The SMILES string of the molecule is COc1cccc(NC(=O)CSc2ncnc3scc(-c4ccc(F)cc4)c23)c1. The van der Waals surface area contributed by atoms with Gasteiger partial charge in [-0.2, -0.15) is 0 Å². The van der Waals surface area contributed by atoms with Gasteiger partial charge in [0.05, 0.1) is 18.2 Å². The van der Waals surface area contributed by atoms with Gasteiger partial charge in [-0.15, -0.1) is 11.3 Å². The first-order valence-electron chi connectivity index (χ1n) is 8.69. The van der Waals surface area contributed by atoms with Crippen LogP contribution in [0, 0.1) is 5.82 Å². The van der Waals surface area contributed by atoms with E-state index < -0.39 is 0 Å². The molecule has 8 heteroatoms. The number of amides is 1. The van der Waals surface area contributed by atoms with Crippen molar-refractivity contribution in [1.82, 2.24) is 9.97 Å². The van der Waals surface area contributed by atoms with Crippen LogP contribution in [0.3, 0.4) is 0 Å². The van der Waals surface area contributed by atoms with Crippen LogP contribution >= 0.6 is 23.1 Å². The van der Waals surface area contributed by atoms with Crippen LogP contribution in [-0.4, -0.2) is 28.7 Å². The van der Waals surface area contributed by atoms with Crippen LogP contribution in [0.4, 0.5) is 10.1 Å². The van der Waals surface area contributed by atoms with Crippen molar-refractivity contribution in [2.75, 3.05) is 18.2 Å². The number of hydrogen-bond donors (Lipinski definition) is 1. The van der Waals surface area contributed by atoms with Crippen LogP contribution in [0.5, 0.6) is 5.75 Å². The highest BCUT2D eigenvalue weighted by atomic mass is 32.2. The van der Waals surface area contributed by atoms with Crippen molar-refractivity contribution in [3.05, 3.63) is 66.1 Å². The quantitative estimate of drug-likeness (QED) is 0.338.